The second-order valence-electron chi connectivity index (χ2n) is 6.31. The van der Waals surface area contributed by atoms with Gasteiger partial charge in [-0.15, -0.1) is 0 Å². The van der Waals surface area contributed by atoms with E-state index in [1.165, 1.54) is 18.9 Å². The number of rotatable bonds is 6. The molecule has 2 aromatic carbocycles. The molecule has 1 aromatic heterocycles. The van der Waals surface area contributed by atoms with Gasteiger partial charge in [0.1, 0.15) is 11.1 Å². The van der Waals surface area contributed by atoms with Crippen molar-refractivity contribution < 1.29 is 14.3 Å². The fraction of sp³-hybridized carbons (Fsp3) is 0.227. The van der Waals surface area contributed by atoms with Gasteiger partial charge < -0.3 is 9.47 Å². The molecule has 6 heteroatoms. The van der Waals surface area contributed by atoms with E-state index in [0.29, 0.717) is 27.7 Å². The van der Waals surface area contributed by atoms with Crippen molar-refractivity contribution in [3.05, 3.63) is 58.7 Å². The molecular formula is C22H20N2O3S. The molecule has 28 heavy (non-hydrogen) atoms. The van der Waals surface area contributed by atoms with E-state index >= 15 is 0 Å². The molecule has 0 amide bonds. The van der Waals surface area contributed by atoms with Crippen LogP contribution in [0.2, 0.25) is 0 Å². The van der Waals surface area contributed by atoms with Crippen molar-refractivity contribution >= 4 is 28.4 Å². The van der Waals surface area contributed by atoms with Gasteiger partial charge in [0.05, 0.1) is 31.1 Å². The summed E-state index contributed by atoms with van der Waals surface area (Å²) < 4.78 is 10.5. The quantitative estimate of drug-likeness (QED) is 0.447. The number of thioether (sulfide) groups is 1. The van der Waals surface area contributed by atoms with Crippen LogP contribution in [0.3, 0.4) is 0 Å². The molecule has 0 bridgehead atoms. The first-order chi connectivity index (χ1) is 13.5. The van der Waals surface area contributed by atoms with Crippen molar-refractivity contribution in [2.24, 2.45) is 0 Å². The van der Waals surface area contributed by atoms with E-state index in [2.05, 4.69) is 11.1 Å². The Kier molecular flexibility index (Phi) is 5.86. The van der Waals surface area contributed by atoms with E-state index in [4.69, 9.17) is 9.47 Å². The monoisotopic (exact) mass is 392 g/mol. The maximum atomic E-state index is 12.6. The Balaban J connectivity index is 1.88. The number of Topliss-reactive ketones (excluding diaryl/α,β-unsaturated/α-hetero) is 1. The lowest BCUT2D eigenvalue weighted by atomic mass is 10.0. The predicted molar refractivity (Wildman–Crippen MR) is 111 cm³/mol. The number of fused-ring (bicyclic) bond motifs is 1. The molecule has 0 aliphatic rings. The maximum absolute atomic E-state index is 12.6. The van der Waals surface area contributed by atoms with E-state index in [9.17, 15) is 10.1 Å². The molecule has 0 fully saturated rings. The number of ether oxygens (including phenoxy) is 2. The molecule has 142 valence electrons. The third-order valence-electron chi connectivity index (χ3n) is 4.64. The Morgan fingerprint density at radius 1 is 1.11 bits per heavy atom. The van der Waals surface area contributed by atoms with Crippen molar-refractivity contribution in [2.45, 2.75) is 18.9 Å². The summed E-state index contributed by atoms with van der Waals surface area (Å²) in [6.45, 7) is 4.04. The summed E-state index contributed by atoms with van der Waals surface area (Å²) in [4.78, 5) is 17.3. The van der Waals surface area contributed by atoms with Gasteiger partial charge in [-0.05, 0) is 49.2 Å². The Hall–Kier alpha value is -3.04. The minimum Gasteiger partial charge on any atom is -0.493 e. The minimum absolute atomic E-state index is 0.0716. The first-order valence-corrected chi connectivity index (χ1v) is 9.66. The van der Waals surface area contributed by atoms with E-state index in [0.717, 1.165) is 22.0 Å². The molecule has 0 N–H and O–H groups in total. The van der Waals surface area contributed by atoms with Crippen molar-refractivity contribution in [3.63, 3.8) is 0 Å². The number of methoxy groups -OCH3 is 2. The lowest BCUT2D eigenvalue weighted by molar-refractivity contribution is 0.102. The van der Waals surface area contributed by atoms with Crippen LogP contribution >= 0.6 is 11.8 Å². The molecule has 0 radical (unpaired) electrons. The zero-order valence-electron chi connectivity index (χ0n) is 16.2. The number of benzene rings is 2. The summed E-state index contributed by atoms with van der Waals surface area (Å²) in [7, 11) is 3.08. The molecule has 3 aromatic rings. The van der Waals surface area contributed by atoms with Gasteiger partial charge >= 0.3 is 0 Å². The first kappa shape index (κ1) is 19.7. The average Bonchev–Trinajstić information content (AvgIpc) is 2.73. The Morgan fingerprint density at radius 3 is 2.54 bits per heavy atom. The van der Waals surface area contributed by atoms with Crippen LogP contribution in [0.25, 0.3) is 10.9 Å². The number of ketones is 1. The summed E-state index contributed by atoms with van der Waals surface area (Å²) in [5.41, 5.74) is 4.08. The SMILES string of the molecule is COc1ccc(C(=O)CSc2nc3c(C)c(C)ccc3cc2C#N)cc1OC. The second kappa shape index (κ2) is 8.32. The van der Waals surface area contributed by atoms with Crippen LogP contribution < -0.4 is 9.47 Å². The highest BCUT2D eigenvalue weighted by Gasteiger charge is 2.15. The number of hydrogen-bond donors (Lipinski definition) is 0. The van der Waals surface area contributed by atoms with Gasteiger partial charge in [-0.3, -0.25) is 4.79 Å². The van der Waals surface area contributed by atoms with Crippen LogP contribution in [0.4, 0.5) is 0 Å². The van der Waals surface area contributed by atoms with Crippen LogP contribution in [-0.4, -0.2) is 30.7 Å². The fourth-order valence-corrected chi connectivity index (χ4v) is 3.73. The third kappa shape index (κ3) is 3.80. The van der Waals surface area contributed by atoms with E-state index < -0.39 is 0 Å². The Labute approximate surface area is 168 Å². The number of pyridine rings is 1. The van der Waals surface area contributed by atoms with Crippen molar-refractivity contribution in [2.75, 3.05) is 20.0 Å². The Bertz CT molecular complexity index is 1100. The van der Waals surface area contributed by atoms with Gasteiger partial charge in [-0.1, -0.05) is 23.9 Å². The van der Waals surface area contributed by atoms with Crippen LogP contribution in [-0.2, 0) is 0 Å². The molecule has 1 heterocycles. The van der Waals surface area contributed by atoms with E-state index in [1.54, 1.807) is 25.3 Å². The first-order valence-electron chi connectivity index (χ1n) is 8.67. The van der Waals surface area contributed by atoms with Crippen LogP contribution in [0, 0.1) is 25.2 Å². The molecule has 3 rings (SSSR count). The summed E-state index contributed by atoms with van der Waals surface area (Å²) in [5, 5.41) is 11.0. The zero-order valence-corrected chi connectivity index (χ0v) is 17.0. The topological polar surface area (TPSA) is 72.2 Å². The molecule has 0 aliphatic heterocycles. The summed E-state index contributed by atoms with van der Waals surface area (Å²) in [5.74, 6) is 1.18. The highest BCUT2D eigenvalue weighted by atomic mass is 32.2. The molecule has 0 unspecified atom stereocenters. The number of carbonyl (C=O) groups is 1. The van der Waals surface area contributed by atoms with E-state index in [-0.39, 0.29) is 11.5 Å². The van der Waals surface area contributed by atoms with Crippen molar-refractivity contribution in [1.29, 1.82) is 5.26 Å². The molecular weight excluding hydrogens is 372 g/mol. The third-order valence-corrected chi connectivity index (χ3v) is 5.63. The number of aromatic nitrogens is 1. The van der Waals surface area contributed by atoms with Crippen LogP contribution in [0.15, 0.2) is 41.4 Å². The number of carbonyl (C=O) groups excluding carboxylic acids is 1. The standard InChI is InChI=1S/C22H20N2O3S/c1-13-5-6-16-9-17(11-23)22(24-21(16)14(13)2)28-12-18(25)15-7-8-19(26-3)20(10-15)27-4/h5-10H,12H2,1-4H3. The second-order valence-corrected chi connectivity index (χ2v) is 7.28. The highest BCUT2D eigenvalue weighted by Crippen LogP contribution is 2.30. The van der Waals surface area contributed by atoms with Gasteiger partial charge in [-0.2, -0.15) is 5.26 Å². The molecule has 0 spiro atoms. The van der Waals surface area contributed by atoms with Gasteiger partial charge in [0, 0.05) is 10.9 Å². The van der Waals surface area contributed by atoms with E-state index in [1.807, 2.05) is 32.0 Å². The van der Waals surface area contributed by atoms with Gasteiger partial charge in [0.25, 0.3) is 0 Å². The smallest absolute Gasteiger partial charge is 0.173 e. The Morgan fingerprint density at radius 2 is 1.86 bits per heavy atom. The number of nitrogens with zero attached hydrogens (tertiary/aromatic N) is 2. The van der Waals surface area contributed by atoms with Gasteiger partial charge in [-0.25, -0.2) is 4.98 Å². The van der Waals surface area contributed by atoms with Crippen LogP contribution in [0.1, 0.15) is 27.0 Å². The van der Waals surface area contributed by atoms with Crippen molar-refractivity contribution in [3.8, 4) is 17.6 Å². The zero-order chi connectivity index (χ0) is 20.3. The van der Waals surface area contributed by atoms with Gasteiger partial charge in [0.15, 0.2) is 17.3 Å². The maximum Gasteiger partial charge on any atom is 0.173 e. The number of aryl methyl sites for hydroxylation is 2. The molecule has 0 saturated carbocycles. The highest BCUT2D eigenvalue weighted by molar-refractivity contribution is 8.00. The number of nitriles is 1. The lowest BCUT2D eigenvalue weighted by Crippen LogP contribution is -2.04. The predicted octanol–water partition coefficient (Wildman–Crippen LogP) is 4.72. The molecule has 0 aliphatic carbocycles. The lowest BCUT2D eigenvalue weighted by Gasteiger charge is -2.10. The minimum atomic E-state index is -0.0716. The average molecular weight is 392 g/mol. The normalized spacial score (nSPS) is 10.5. The molecule has 0 atom stereocenters. The van der Waals surface area contributed by atoms with Crippen molar-refractivity contribution in [1.82, 2.24) is 4.98 Å². The number of hydrogen-bond acceptors (Lipinski definition) is 6. The van der Waals surface area contributed by atoms with Gasteiger partial charge in [0.2, 0.25) is 0 Å². The molecule has 5 nitrogen and oxygen atoms in total. The largest absolute Gasteiger partial charge is 0.493 e. The molecule has 0 saturated heterocycles. The summed E-state index contributed by atoms with van der Waals surface area (Å²) in [6.07, 6.45) is 0. The summed E-state index contributed by atoms with van der Waals surface area (Å²) in [6, 6.07) is 13.1. The fourth-order valence-electron chi connectivity index (χ4n) is 2.88. The summed E-state index contributed by atoms with van der Waals surface area (Å²) >= 11 is 1.27. The van der Waals surface area contributed by atoms with Crippen LogP contribution in [0.5, 0.6) is 11.5 Å².